The fraction of sp³-hybridized carbons (Fsp3) is 0.615. The maximum absolute atomic E-state index is 12.4. The number of esters is 4. The highest BCUT2D eigenvalue weighted by Gasteiger charge is 2.63. The van der Waals surface area contributed by atoms with E-state index in [2.05, 4.69) is 19.3 Å². The van der Waals surface area contributed by atoms with E-state index in [1.54, 1.807) is 0 Å². The standard InChI is InChI=1S/C13H18N2O8/c1-15-13(12(19)23-5,6-7(16)20-2)8(10(17)21-3)9(14-15)11(18)22-4/h8H,6H2,1-5H3/t8-,13-/m0/s1. The van der Waals surface area contributed by atoms with Gasteiger partial charge >= 0.3 is 23.9 Å². The van der Waals surface area contributed by atoms with E-state index >= 15 is 0 Å². The second-order valence-electron chi connectivity index (χ2n) is 4.63. The summed E-state index contributed by atoms with van der Waals surface area (Å²) in [5, 5.41) is 4.90. The van der Waals surface area contributed by atoms with Gasteiger partial charge in [0, 0.05) is 7.05 Å². The van der Waals surface area contributed by atoms with Crippen LogP contribution in [0.2, 0.25) is 0 Å². The second-order valence-corrected chi connectivity index (χ2v) is 4.63. The first kappa shape index (κ1) is 18.4. The maximum atomic E-state index is 12.4. The number of methoxy groups -OCH3 is 4. The molecule has 1 rings (SSSR count). The third-order valence-corrected chi connectivity index (χ3v) is 3.60. The van der Waals surface area contributed by atoms with E-state index in [1.807, 2.05) is 0 Å². The van der Waals surface area contributed by atoms with Crippen LogP contribution in [0, 0.1) is 5.92 Å². The van der Waals surface area contributed by atoms with Gasteiger partial charge in [0.1, 0.15) is 5.92 Å². The molecule has 0 radical (unpaired) electrons. The minimum atomic E-state index is -1.90. The molecule has 0 aromatic carbocycles. The summed E-state index contributed by atoms with van der Waals surface area (Å²) in [7, 11) is 5.70. The van der Waals surface area contributed by atoms with E-state index in [-0.39, 0.29) is 5.71 Å². The van der Waals surface area contributed by atoms with Crippen LogP contribution in [-0.4, -0.2) is 75.6 Å². The Balaban J connectivity index is 3.51. The molecule has 0 spiro atoms. The van der Waals surface area contributed by atoms with Crippen molar-refractivity contribution >= 4 is 29.6 Å². The first-order valence-corrected chi connectivity index (χ1v) is 6.43. The lowest BCUT2D eigenvalue weighted by Gasteiger charge is -2.34. The van der Waals surface area contributed by atoms with Crippen LogP contribution in [0.5, 0.6) is 0 Å². The zero-order valence-electron chi connectivity index (χ0n) is 13.4. The van der Waals surface area contributed by atoms with E-state index in [0.29, 0.717) is 0 Å². The molecule has 0 aromatic heterocycles. The van der Waals surface area contributed by atoms with Gasteiger partial charge in [-0.1, -0.05) is 0 Å². The number of carbonyl (C=O) groups is 4. The summed E-state index contributed by atoms with van der Waals surface area (Å²) in [6, 6.07) is 0. The zero-order chi connectivity index (χ0) is 17.8. The van der Waals surface area contributed by atoms with E-state index in [9.17, 15) is 19.2 Å². The molecule has 10 heteroatoms. The Morgan fingerprint density at radius 3 is 2.09 bits per heavy atom. The topological polar surface area (TPSA) is 121 Å². The Bertz CT molecular complexity index is 558. The van der Waals surface area contributed by atoms with Gasteiger partial charge in [-0.3, -0.25) is 14.6 Å². The minimum absolute atomic E-state index is 0.365. The third kappa shape index (κ3) is 2.96. The molecule has 10 nitrogen and oxygen atoms in total. The molecule has 23 heavy (non-hydrogen) atoms. The molecule has 0 N–H and O–H groups in total. The Labute approximate surface area is 132 Å². The Kier molecular flexibility index (Phi) is 5.66. The van der Waals surface area contributed by atoms with Crippen molar-refractivity contribution in [2.24, 2.45) is 11.0 Å². The molecule has 0 unspecified atom stereocenters. The van der Waals surface area contributed by atoms with Crippen molar-refractivity contribution < 1.29 is 38.1 Å². The Morgan fingerprint density at radius 2 is 1.65 bits per heavy atom. The largest absolute Gasteiger partial charge is 0.469 e. The van der Waals surface area contributed by atoms with Gasteiger partial charge in [-0.05, 0) is 0 Å². The van der Waals surface area contributed by atoms with Crippen LogP contribution in [-0.2, 0) is 38.1 Å². The summed E-state index contributed by atoms with van der Waals surface area (Å²) in [4.78, 5) is 48.2. The monoisotopic (exact) mass is 330 g/mol. The number of likely N-dealkylation sites (N-methyl/N-ethyl adjacent to an activating group) is 1. The van der Waals surface area contributed by atoms with Gasteiger partial charge in [-0.2, -0.15) is 5.10 Å². The number of rotatable bonds is 5. The lowest BCUT2D eigenvalue weighted by atomic mass is 9.78. The molecule has 0 saturated carbocycles. The summed E-state index contributed by atoms with van der Waals surface area (Å²) >= 11 is 0. The zero-order valence-corrected chi connectivity index (χ0v) is 13.4. The molecular weight excluding hydrogens is 312 g/mol. The SMILES string of the molecule is COC(=O)C[C@@]1(C(=O)OC)[C@H](C(=O)OC)C(C(=O)OC)=NN1C. The average Bonchev–Trinajstić information content (AvgIpc) is 2.85. The van der Waals surface area contributed by atoms with Gasteiger partial charge in [-0.25, -0.2) is 9.59 Å². The molecule has 0 fully saturated rings. The van der Waals surface area contributed by atoms with Gasteiger partial charge in [0.15, 0.2) is 11.3 Å². The van der Waals surface area contributed by atoms with Crippen LogP contribution in [0.1, 0.15) is 6.42 Å². The summed E-state index contributed by atoms with van der Waals surface area (Å²) in [5.74, 6) is -5.10. The van der Waals surface area contributed by atoms with E-state index in [0.717, 1.165) is 33.4 Å². The van der Waals surface area contributed by atoms with Crippen molar-refractivity contribution in [1.82, 2.24) is 5.01 Å². The second kappa shape index (κ2) is 7.07. The van der Waals surface area contributed by atoms with Gasteiger partial charge in [0.2, 0.25) is 0 Å². The molecule has 128 valence electrons. The van der Waals surface area contributed by atoms with Crippen LogP contribution in [0.25, 0.3) is 0 Å². The van der Waals surface area contributed by atoms with Crippen LogP contribution in [0.15, 0.2) is 5.10 Å². The quantitative estimate of drug-likeness (QED) is 0.448. The first-order valence-electron chi connectivity index (χ1n) is 6.43. The summed E-state index contributed by atoms with van der Waals surface area (Å²) in [6.45, 7) is 0. The summed E-state index contributed by atoms with van der Waals surface area (Å²) in [5.41, 5.74) is -2.27. The smallest absolute Gasteiger partial charge is 0.355 e. The van der Waals surface area contributed by atoms with Gasteiger partial charge in [0.25, 0.3) is 0 Å². The van der Waals surface area contributed by atoms with Crippen molar-refractivity contribution in [3.05, 3.63) is 0 Å². The van der Waals surface area contributed by atoms with Crippen molar-refractivity contribution in [3.63, 3.8) is 0 Å². The molecule has 1 aliphatic heterocycles. The number of hydrogen-bond donors (Lipinski definition) is 0. The predicted molar refractivity (Wildman–Crippen MR) is 74.1 cm³/mol. The molecule has 0 aromatic rings. The van der Waals surface area contributed by atoms with Crippen LogP contribution in [0.4, 0.5) is 0 Å². The molecule has 0 saturated heterocycles. The lowest BCUT2D eigenvalue weighted by molar-refractivity contribution is -0.168. The number of hydrogen-bond acceptors (Lipinski definition) is 10. The van der Waals surface area contributed by atoms with E-state index in [4.69, 9.17) is 4.74 Å². The molecule has 0 aliphatic carbocycles. The highest BCUT2D eigenvalue weighted by Crippen LogP contribution is 2.38. The van der Waals surface area contributed by atoms with Crippen LogP contribution < -0.4 is 0 Å². The average molecular weight is 330 g/mol. The van der Waals surface area contributed by atoms with Crippen molar-refractivity contribution in [1.29, 1.82) is 0 Å². The summed E-state index contributed by atoms with van der Waals surface area (Å²) in [6.07, 6.45) is -0.573. The maximum Gasteiger partial charge on any atom is 0.355 e. The van der Waals surface area contributed by atoms with Gasteiger partial charge < -0.3 is 18.9 Å². The number of carbonyl (C=O) groups excluding carboxylic acids is 4. The fourth-order valence-corrected chi connectivity index (χ4v) is 2.42. The van der Waals surface area contributed by atoms with Gasteiger partial charge in [0.05, 0.1) is 34.9 Å². The van der Waals surface area contributed by atoms with Gasteiger partial charge in [-0.15, -0.1) is 0 Å². The number of hydrazone groups is 1. The molecular formula is C13H18N2O8. The molecule has 1 heterocycles. The highest BCUT2D eigenvalue weighted by molar-refractivity contribution is 6.42. The summed E-state index contributed by atoms with van der Waals surface area (Å²) < 4.78 is 18.5. The third-order valence-electron chi connectivity index (χ3n) is 3.60. The Morgan fingerprint density at radius 1 is 1.04 bits per heavy atom. The molecule has 0 amide bonds. The normalized spacial score (nSPS) is 22.9. The van der Waals surface area contributed by atoms with Crippen LogP contribution >= 0.6 is 0 Å². The number of ether oxygens (including phenoxy) is 4. The predicted octanol–water partition coefficient (Wildman–Crippen LogP) is -1.28. The highest BCUT2D eigenvalue weighted by atomic mass is 16.5. The van der Waals surface area contributed by atoms with E-state index < -0.39 is 41.8 Å². The number of nitrogens with zero attached hydrogens (tertiary/aromatic N) is 2. The Hall–Kier alpha value is -2.65. The molecule has 0 bridgehead atoms. The molecule has 2 atom stereocenters. The molecule has 1 aliphatic rings. The first-order chi connectivity index (χ1) is 10.8. The fourth-order valence-electron chi connectivity index (χ4n) is 2.42. The minimum Gasteiger partial charge on any atom is -0.469 e. The lowest BCUT2D eigenvalue weighted by Crippen LogP contribution is -2.59. The van der Waals surface area contributed by atoms with Crippen molar-refractivity contribution in [2.75, 3.05) is 35.5 Å². The van der Waals surface area contributed by atoms with Crippen LogP contribution in [0.3, 0.4) is 0 Å². The van der Waals surface area contributed by atoms with E-state index in [1.165, 1.54) is 7.05 Å². The van der Waals surface area contributed by atoms with Crippen molar-refractivity contribution in [3.8, 4) is 0 Å². The van der Waals surface area contributed by atoms with Crippen molar-refractivity contribution in [2.45, 2.75) is 12.0 Å².